The van der Waals surface area contributed by atoms with Gasteiger partial charge in [-0.1, -0.05) is 12.1 Å². The molecular formula is C18H19N5O3S. The summed E-state index contributed by atoms with van der Waals surface area (Å²) in [7, 11) is -1.66. The lowest BCUT2D eigenvalue weighted by Gasteiger charge is -2.11. The van der Waals surface area contributed by atoms with E-state index in [0.29, 0.717) is 34.1 Å². The van der Waals surface area contributed by atoms with Gasteiger partial charge in [-0.3, -0.25) is 9.52 Å². The molecule has 2 heterocycles. The summed E-state index contributed by atoms with van der Waals surface area (Å²) in [4.78, 5) is 21.6. The Morgan fingerprint density at radius 1 is 1.19 bits per heavy atom. The van der Waals surface area contributed by atoms with Gasteiger partial charge in [0.25, 0.3) is 5.56 Å². The monoisotopic (exact) mass is 385 g/mol. The van der Waals surface area contributed by atoms with Crippen molar-refractivity contribution in [2.45, 2.75) is 18.9 Å². The van der Waals surface area contributed by atoms with Crippen molar-refractivity contribution in [3.63, 3.8) is 0 Å². The SMILES string of the molecule is Cn1cnc2cc(-c3ccc(NS(C)(=O)=O)cc3)nc(NC3CC3)c2c1=O. The van der Waals surface area contributed by atoms with E-state index in [1.54, 1.807) is 37.4 Å². The predicted molar refractivity (Wildman–Crippen MR) is 105 cm³/mol. The topological polar surface area (TPSA) is 106 Å². The van der Waals surface area contributed by atoms with E-state index in [2.05, 4.69) is 20.0 Å². The van der Waals surface area contributed by atoms with Gasteiger partial charge in [0.1, 0.15) is 11.2 Å². The van der Waals surface area contributed by atoms with Crippen LogP contribution >= 0.6 is 0 Å². The number of pyridine rings is 1. The largest absolute Gasteiger partial charge is 0.367 e. The van der Waals surface area contributed by atoms with Gasteiger partial charge in [0, 0.05) is 24.3 Å². The summed E-state index contributed by atoms with van der Waals surface area (Å²) in [5.41, 5.74) is 2.37. The van der Waals surface area contributed by atoms with Crippen LogP contribution in [0.3, 0.4) is 0 Å². The number of hydrogen-bond donors (Lipinski definition) is 2. The summed E-state index contributed by atoms with van der Waals surface area (Å²) in [5, 5.41) is 3.80. The Kier molecular flexibility index (Phi) is 4.11. The zero-order valence-corrected chi connectivity index (χ0v) is 15.7. The molecule has 4 rings (SSSR count). The number of benzene rings is 1. The van der Waals surface area contributed by atoms with Gasteiger partial charge in [-0.15, -0.1) is 0 Å². The first-order chi connectivity index (χ1) is 12.8. The Morgan fingerprint density at radius 3 is 2.52 bits per heavy atom. The van der Waals surface area contributed by atoms with Crippen LogP contribution in [0.15, 0.2) is 41.5 Å². The zero-order chi connectivity index (χ0) is 19.2. The van der Waals surface area contributed by atoms with Crippen molar-refractivity contribution in [1.29, 1.82) is 0 Å². The third-order valence-corrected chi connectivity index (χ3v) is 4.91. The molecule has 2 aromatic heterocycles. The first kappa shape index (κ1) is 17.5. The van der Waals surface area contributed by atoms with Crippen LogP contribution in [0.25, 0.3) is 22.2 Å². The molecule has 0 aliphatic heterocycles. The third-order valence-electron chi connectivity index (χ3n) is 4.30. The number of nitrogens with one attached hydrogen (secondary N) is 2. The van der Waals surface area contributed by atoms with Crippen LogP contribution in [0, 0.1) is 0 Å². The molecule has 0 saturated heterocycles. The second-order valence-electron chi connectivity index (χ2n) is 6.78. The Hall–Kier alpha value is -2.94. The molecular weight excluding hydrogens is 366 g/mol. The lowest BCUT2D eigenvalue weighted by atomic mass is 10.1. The van der Waals surface area contributed by atoms with E-state index < -0.39 is 10.0 Å². The number of hydrogen-bond acceptors (Lipinski definition) is 6. The molecule has 27 heavy (non-hydrogen) atoms. The van der Waals surface area contributed by atoms with Crippen molar-refractivity contribution in [1.82, 2.24) is 14.5 Å². The maximum atomic E-state index is 12.6. The number of sulfonamides is 1. The fourth-order valence-electron chi connectivity index (χ4n) is 2.82. The molecule has 0 atom stereocenters. The van der Waals surface area contributed by atoms with Crippen LogP contribution < -0.4 is 15.6 Å². The van der Waals surface area contributed by atoms with Gasteiger partial charge in [-0.05, 0) is 31.0 Å². The minimum atomic E-state index is -3.33. The number of fused-ring (bicyclic) bond motifs is 1. The Balaban J connectivity index is 1.80. The second kappa shape index (κ2) is 6.34. The summed E-state index contributed by atoms with van der Waals surface area (Å²) in [6, 6.07) is 9.02. The highest BCUT2D eigenvalue weighted by Crippen LogP contribution is 2.30. The van der Waals surface area contributed by atoms with Crippen LogP contribution in [0.4, 0.5) is 11.5 Å². The maximum Gasteiger partial charge on any atom is 0.264 e. The van der Waals surface area contributed by atoms with Crippen LogP contribution in [0.1, 0.15) is 12.8 Å². The molecule has 0 amide bonds. The average Bonchev–Trinajstić information content (AvgIpc) is 3.41. The number of nitrogens with zero attached hydrogens (tertiary/aromatic N) is 3. The van der Waals surface area contributed by atoms with Crippen LogP contribution in [-0.4, -0.2) is 35.3 Å². The quantitative estimate of drug-likeness (QED) is 0.695. The van der Waals surface area contributed by atoms with Gasteiger partial charge in [0.15, 0.2) is 0 Å². The molecule has 1 aliphatic carbocycles. The van der Waals surface area contributed by atoms with Crippen LogP contribution in [-0.2, 0) is 17.1 Å². The minimum absolute atomic E-state index is 0.144. The van der Waals surface area contributed by atoms with Crippen molar-refractivity contribution >= 4 is 32.4 Å². The van der Waals surface area contributed by atoms with Gasteiger partial charge in [0.05, 0.1) is 23.8 Å². The number of rotatable bonds is 5. The van der Waals surface area contributed by atoms with E-state index in [4.69, 9.17) is 0 Å². The molecule has 1 saturated carbocycles. The molecule has 140 valence electrons. The first-order valence-electron chi connectivity index (χ1n) is 8.51. The normalized spacial score (nSPS) is 14.3. The minimum Gasteiger partial charge on any atom is -0.367 e. The fraction of sp³-hybridized carbons (Fsp3) is 0.278. The molecule has 0 radical (unpaired) electrons. The Bertz CT molecular complexity index is 1180. The first-order valence-corrected chi connectivity index (χ1v) is 10.4. The van der Waals surface area contributed by atoms with Crippen molar-refractivity contribution in [3.05, 3.63) is 47.0 Å². The molecule has 1 aliphatic rings. The Labute approximate surface area is 156 Å². The standard InChI is InChI=1S/C18H19N5O3S/c1-23-10-19-15-9-14(11-3-5-13(6-4-11)22-27(2,25)26)21-17(16(15)18(23)24)20-12-7-8-12/h3-6,9-10,12,22H,7-8H2,1-2H3,(H,20,21). The van der Waals surface area contributed by atoms with Gasteiger partial charge < -0.3 is 9.88 Å². The van der Waals surface area contributed by atoms with E-state index in [9.17, 15) is 13.2 Å². The average molecular weight is 385 g/mol. The van der Waals surface area contributed by atoms with Crippen LogP contribution in [0.5, 0.6) is 0 Å². The third kappa shape index (κ3) is 3.77. The summed E-state index contributed by atoms with van der Waals surface area (Å²) in [6.07, 6.45) is 4.71. The van der Waals surface area contributed by atoms with Gasteiger partial charge in [-0.25, -0.2) is 18.4 Å². The number of anilines is 2. The van der Waals surface area contributed by atoms with Gasteiger partial charge >= 0.3 is 0 Å². The molecule has 1 aromatic carbocycles. The molecule has 0 spiro atoms. The highest BCUT2D eigenvalue weighted by Gasteiger charge is 2.24. The van der Waals surface area contributed by atoms with E-state index in [-0.39, 0.29) is 5.56 Å². The second-order valence-corrected chi connectivity index (χ2v) is 8.53. The molecule has 0 unspecified atom stereocenters. The Morgan fingerprint density at radius 2 is 1.89 bits per heavy atom. The summed E-state index contributed by atoms with van der Waals surface area (Å²) >= 11 is 0. The zero-order valence-electron chi connectivity index (χ0n) is 14.9. The summed E-state index contributed by atoms with van der Waals surface area (Å²) < 4.78 is 26.6. The summed E-state index contributed by atoms with van der Waals surface area (Å²) in [6.45, 7) is 0. The fourth-order valence-corrected chi connectivity index (χ4v) is 3.38. The molecule has 2 N–H and O–H groups in total. The van der Waals surface area contributed by atoms with Crippen molar-refractivity contribution in [2.75, 3.05) is 16.3 Å². The van der Waals surface area contributed by atoms with E-state index >= 15 is 0 Å². The lowest BCUT2D eigenvalue weighted by Crippen LogP contribution is -2.19. The predicted octanol–water partition coefficient (Wildman–Crippen LogP) is 1.94. The van der Waals surface area contributed by atoms with E-state index in [0.717, 1.165) is 24.7 Å². The lowest BCUT2D eigenvalue weighted by molar-refractivity contribution is 0.607. The van der Waals surface area contributed by atoms with Crippen molar-refractivity contribution < 1.29 is 8.42 Å². The number of aromatic nitrogens is 3. The highest BCUT2D eigenvalue weighted by molar-refractivity contribution is 7.92. The molecule has 1 fully saturated rings. The molecule has 0 bridgehead atoms. The highest BCUT2D eigenvalue weighted by atomic mass is 32.2. The van der Waals surface area contributed by atoms with Gasteiger partial charge in [0.2, 0.25) is 10.0 Å². The number of aryl methyl sites for hydroxylation is 1. The molecule has 9 heteroatoms. The van der Waals surface area contributed by atoms with E-state index in [1.807, 2.05) is 0 Å². The van der Waals surface area contributed by atoms with E-state index in [1.165, 1.54) is 10.9 Å². The van der Waals surface area contributed by atoms with Crippen molar-refractivity contribution in [2.24, 2.45) is 7.05 Å². The van der Waals surface area contributed by atoms with Gasteiger partial charge in [-0.2, -0.15) is 0 Å². The molecule has 3 aromatic rings. The molecule has 8 nitrogen and oxygen atoms in total. The maximum absolute atomic E-state index is 12.6. The van der Waals surface area contributed by atoms with Crippen molar-refractivity contribution in [3.8, 4) is 11.3 Å². The smallest absolute Gasteiger partial charge is 0.264 e. The van der Waals surface area contributed by atoms with Crippen LogP contribution in [0.2, 0.25) is 0 Å². The summed E-state index contributed by atoms with van der Waals surface area (Å²) in [5.74, 6) is 0.539.